The Bertz CT molecular complexity index is 863. The van der Waals surface area contributed by atoms with E-state index in [9.17, 15) is 14.7 Å². The Morgan fingerprint density at radius 1 is 1.25 bits per heavy atom. The predicted octanol–water partition coefficient (Wildman–Crippen LogP) is 4.23. The predicted molar refractivity (Wildman–Crippen MR) is 106 cm³/mol. The van der Waals surface area contributed by atoms with Gasteiger partial charge in [0.2, 0.25) is 0 Å². The van der Waals surface area contributed by atoms with Gasteiger partial charge in [0.05, 0.1) is 11.2 Å². The number of carbonyl (C=O) groups is 2. The van der Waals surface area contributed by atoms with Gasteiger partial charge in [-0.3, -0.25) is 0 Å². The van der Waals surface area contributed by atoms with Crippen LogP contribution in [0.4, 0.5) is 10.5 Å². The van der Waals surface area contributed by atoms with Crippen molar-refractivity contribution in [3.8, 4) is 0 Å². The van der Waals surface area contributed by atoms with Crippen molar-refractivity contribution in [2.45, 2.75) is 57.7 Å². The molecular weight excluding hydrogens is 358 g/mol. The van der Waals surface area contributed by atoms with Crippen LogP contribution in [0.5, 0.6) is 0 Å². The van der Waals surface area contributed by atoms with Crippen molar-refractivity contribution in [1.29, 1.82) is 0 Å². The summed E-state index contributed by atoms with van der Waals surface area (Å²) in [5.74, 6) is -1.00. The summed E-state index contributed by atoms with van der Waals surface area (Å²) in [6.45, 7) is 6.02. The van der Waals surface area contributed by atoms with Crippen molar-refractivity contribution < 1.29 is 19.4 Å². The number of aromatic nitrogens is 1. The second kappa shape index (κ2) is 7.58. The molecule has 1 aliphatic rings. The third-order valence-electron chi connectivity index (χ3n) is 4.87. The first-order chi connectivity index (χ1) is 13.2. The number of aromatic amines is 1. The van der Waals surface area contributed by atoms with E-state index in [2.05, 4.69) is 21.7 Å². The Balaban J connectivity index is 1.71. The van der Waals surface area contributed by atoms with Crippen LogP contribution in [-0.4, -0.2) is 27.8 Å². The molecule has 1 aromatic carbocycles. The van der Waals surface area contributed by atoms with Crippen molar-refractivity contribution in [3.05, 3.63) is 53.3 Å². The van der Waals surface area contributed by atoms with E-state index in [1.165, 1.54) is 0 Å². The highest BCUT2D eigenvalue weighted by Gasteiger charge is 2.41. The molecule has 1 aromatic heterocycles. The lowest BCUT2D eigenvalue weighted by Gasteiger charge is -2.43. The van der Waals surface area contributed by atoms with Crippen LogP contribution in [0.15, 0.2) is 36.5 Å². The Kier molecular flexibility index (Phi) is 5.36. The van der Waals surface area contributed by atoms with E-state index in [-0.39, 0.29) is 5.69 Å². The summed E-state index contributed by atoms with van der Waals surface area (Å²) < 4.78 is 5.43. The fourth-order valence-corrected chi connectivity index (χ4v) is 3.39. The molecule has 7 heteroatoms. The van der Waals surface area contributed by atoms with Gasteiger partial charge in [0.1, 0.15) is 11.3 Å². The van der Waals surface area contributed by atoms with Gasteiger partial charge in [0.25, 0.3) is 0 Å². The number of hydrogen-bond acceptors (Lipinski definition) is 4. The van der Waals surface area contributed by atoms with Gasteiger partial charge in [-0.15, -0.1) is 0 Å². The molecule has 1 saturated carbocycles. The Labute approximate surface area is 164 Å². The number of amides is 1. The molecule has 0 aliphatic heterocycles. The molecule has 150 valence electrons. The molecule has 1 amide bonds. The zero-order chi connectivity index (χ0) is 20.4. The van der Waals surface area contributed by atoms with E-state index in [1.54, 1.807) is 12.3 Å². The van der Waals surface area contributed by atoms with Crippen LogP contribution in [0, 0.1) is 0 Å². The monoisotopic (exact) mass is 385 g/mol. The Morgan fingerprint density at radius 2 is 2.00 bits per heavy atom. The minimum Gasteiger partial charge on any atom is -0.477 e. The lowest BCUT2D eigenvalue weighted by molar-refractivity contribution is 0.0377. The number of alkyl carbamates (subject to hydrolysis) is 1. The number of benzene rings is 1. The van der Waals surface area contributed by atoms with Gasteiger partial charge < -0.3 is 25.5 Å². The number of carboxylic acids is 1. The Morgan fingerprint density at radius 3 is 2.61 bits per heavy atom. The summed E-state index contributed by atoms with van der Waals surface area (Å²) in [4.78, 5) is 26.2. The van der Waals surface area contributed by atoms with Crippen LogP contribution in [0.3, 0.4) is 0 Å². The van der Waals surface area contributed by atoms with Gasteiger partial charge in [-0.05, 0) is 57.2 Å². The number of rotatable bonds is 6. The third-order valence-corrected chi connectivity index (χ3v) is 4.87. The molecule has 4 N–H and O–H groups in total. The van der Waals surface area contributed by atoms with Crippen LogP contribution >= 0.6 is 0 Å². The maximum atomic E-state index is 12.3. The van der Waals surface area contributed by atoms with Gasteiger partial charge in [-0.2, -0.15) is 0 Å². The summed E-state index contributed by atoms with van der Waals surface area (Å²) in [5, 5.41) is 15.4. The number of H-pyrrole nitrogens is 1. The summed E-state index contributed by atoms with van der Waals surface area (Å²) in [6, 6.07) is 9.70. The molecule has 2 aromatic rings. The number of nitrogens with one attached hydrogen (secondary N) is 3. The molecule has 3 rings (SSSR count). The van der Waals surface area contributed by atoms with Gasteiger partial charge >= 0.3 is 12.1 Å². The van der Waals surface area contributed by atoms with Crippen LogP contribution in [0.25, 0.3) is 0 Å². The first kappa shape index (κ1) is 19.8. The summed E-state index contributed by atoms with van der Waals surface area (Å²) in [5.41, 5.74) is 1.78. The molecule has 0 saturated heterocycles. The quantitative estimate of drug-likeness (QED) is 0.596. The summed E-state index contributed by atoms with van der Waals surface area (Å²) in [7, 11) is 0. The van der Waals surface area contributed by atoms with Crippen LogP contribution in [0.1, 0.15) is 61.6 Å². The fraction of sp³-hybridized carbons (Fsp3) is 0.429. The van der Waals surface area contributed by atoms with E-state index in [4.69, 9.17) is 4.74 Å². The van der Waals surface area contributed by atoms with E-state index in [1.807, 2.05) is 39.0 Å². The van der Waals surface area contributed by atoms with Gasteiger partial charge in [0, 0.05) is 12.7 Å². The van der Waals surface area contributed by atoms with Gasteiger partial charge in [-0.1, -0.05) is 24.3 Å². The normalized spacial score (nSPS) is 15.4. The highest BCUT2D eigenvalue weighted by Crippen LogP contribution is 2.41. The fourth-order valence-electron chi connectivity index (χ4n) is 3.39. The minimum absolute atomic E-state index is 0.137. The van der Waals surface area contributed by atoms with E-state index < -0.39 is 23.2 Å². The van der Waals surface area contributed by atoms with Gasteiger partial charge in [-0.25, -0.2) is 9.59 Å². The zero-order valence-corrected chi connectivity index (χ0v) is 16.5. The molecule has 0 bridgehead atoms. The maximum Gasteiger partial charge on any atom is 0.408 e. The lowest BCUT2D eigenvalue weighted by atomic mass is 9.71. The number of aromatic carboxylic acids is 1. The van der Waals surface area contributed by atoms with E-state index >= 15 is 0 Å². The highest BCUT2D eigenvalue weighted by atomic mass is 16.6. The largest absolute Gasteiger partial charge is 0.477 e. The standard InChI is InChI=1S/C21H27N3O4/c1-20(2,3)28-19(27)24-21(9-5-10-21)15-7-4-6-14(12-15)13-23-16-8-11-22-17(16)18(25)26/h4,6-8,11-12,22-23H,5,9-10,13H2,1-3H3,(H,24,27)(H,25,26). The first-order valence-electron chi connectivity index (χ1n) is 9.44. The van der Waals surface area contributed by atoms with E-state index in [0.717, 1.165) is 30.4 Å². The maximum absolute atomic E-state index is 12.3. The molecule has 1 heterocycles. The second-order valence-electron chi connectivity index (χ2n) is 8.19. The first-order valence-corrected chi connectivity index (χ1v) is 9.44. The second-order valence-corrected chi connectivity index (χ2v) is 8.19. The van der Waals surface area contributed by atoms with Crippen molar-refractivity contribution in [2.75, 3.05) is 5.32 Å². The smallest absolute Gasteiger partial charge is 0.408 e. The van der Waals surface area contributed by atoms with Crippen molar-refractivity contribution in [1.82, 2.24) is 10.3 Å². The Hall–Kier alpha value is -2.96. The van der Waals surface area contributed by atoms with Crippen molar-refractivity contribution in [2.24, 2.45) is 0 Å². The van der Waals surface area contributed by atoms with Crippen LogP contribution < -0.4 is 10.6 Å². The van der Waals surface area contributed by atoms with Crippen molar-refractivity contribution in [3.63, 3.8) is 0 Å². The number of carbonyl (C=O) groups excluding carboxylic acids is 1. The molecule has 1 aliphatic carbocycles. The molecule has 0 atom stereocenters. The topological polar surface area (TPSA) is 103 Å². The molecular formula is C21H27N3O4. The van der Waals surface area contributed by atoms with E-state index in [0.29, 0.717) is 12.2 Å². The molecule has 7 nitrogen and oxygen atoms in total. The number of hydrogen-bond donors (Lipinski definition) is 4. The van der Waals surface area contributed by atoms with Crippen molar-refractivity contribution >= 4 is 17.7 Å². The molecule has 0 unspecified atom stereocenters. The van der Waals surface area contributed by atoms with Gasteiger partial charge in [0.15, 0.2) is 0 Å². The molecule has 0 spiro atoms. The molecule has 0 radical (unpaired) electrons. The zero-order valence-electron chi connectivity index (χ0n) is 16.5. The molecule has 1 fully saturated rings. The average Bonchev–Trinajstić information content (AvgIpc) is 3.04. The minimum atomic E-state index is -1.00. The summed E-state index contributed by atoms with van der Waals surface area (Å²) in [6.07, 6.45) is 3.96. The number of ether oxygens (including phenoxy) is 1. The van der Waals surface area contributed by atoms with Crippen LogP contribution in [0.2, 0.25) is 0 Å². The highest BCUT2D eigenvalue weighted by molar-refractivity contribution is 5.92. The van der Waals surface area contributed by atoms with Crippen LogP contribution in [-0.2, 0) is 16.8 Å². The third kappa shape index (κ3) is 4.47. The number of carboxylic acid groups (broad SMARTS) is 1. The summed E-state index contributed by atoms with van der Waals surface area (Å²) >= 11 is 0. The molecule has 28 heavy (non-hydrogen) atoms. The SMILES string of the molecule is CC(C)(C)OC(=O)NC1(c2cccc(CNc3cc[nH]c3C(=O)O)c2)CCC1. The lowest BCUT2D eigenvalue weighted by Crippen LogP contribution is -2.52. The number of anilines is 1. The average molecular weight is 385 g/mol.